The van der Waals surface area contributed by atoms with Crippen LogP contribution in [0.3, 0.4) is 0 Å². The predicted molar refractivity (Wildman–Crippen MR) is 56.4 cm³/mol. The molecule has 0 heterocycles. The molecule has 0 aromatic rings. The van der Waals surface area contributed by atoms with Crippen LogP contribution in [0.5, 0.6) is 0 Å². The number of rotatable bonds is 4. The summed E-state index contributed by atoms with van der Waals surface area (Å²) in [6, 6.07) is 0. The van der Waals surface area contributed by atoms with Gasteiger partial charge in [0.05, 0.1) is 6.10 Å². The summed E-state index contributed by atoms with van der Waals surface area (Å²) in [4.78, 5) is 0. The van der Waals surface area contributed by atoms with E-state index < -0.39 is 0 Å². The van der Waals surface area contributed by atoms with Crippen molar-refractivity contribution in [2.24, 2.45) is 11.8 Å². The zero-order chi connectivity index (χ0) is 9.84. The monoisotopic (exact) mass is 178 g/mol. The average molecular weight is 178 g/mol. The SMILES string of the molecule is C=CC(=C)[C@H]1CCC[C@@H]1C(O)C=C. The van der Waals surface area contributed by atoms with E-state index in [1.807, 2.05) is 0 Å². The van der Waals surface area contributed by atoms with Crippen molar-refractivity contribution >= 4 is 0 Å². The maximum Gasteiger partial charge on any atom is 0.0752 e. The highest BCUT2D eigenvalue weighted by Crippen LogP contribution is 2.38. The van der Waals surface area contributed by atoms with Gasteiger partial charge in [0, 0.05) is 0 Å². The number of allylic oxidation sites excluding steroid dienone is 2. The van der Waals surface area contributed by atoms with E-state index in [0.29, 0.717) is 11.8 Å². The summed E-state index contributed by atoms with van der Waals surface area (Å²) in [5.74, 6) is 0.716. The fourth-order valence-corrected chi connectivity index (χ4v) is 2.18. The van der Waals surface area contributed by atoms with Gasteiger partial charge in [0.15, 0.2) is 0 Å². The fraction of sp³-hybridized carbons (Fsp3) is 0.500. The van der Waals surface area contributed by atoms with Gasteiger partial charge in [-0.05, 0) is 24.7 Å². The first-order valence-electron chi connectivity index (χ1n) is 4.82. The Morgan fingerprint density at radius 2 is 2.08 bits per heavy atom. The smallest absolute Gasteiger partial charge is 0.0752 e. The minimum absolute atomic E-state index is 0.308. The van der Waals surface area contributed by atoms with Crippen molar-refractivity contribution in [3.05, 3.63) is 37.5 Å². The molecule has 0 amide bonds. The van der Waals surface area contributed by atoms with Crippen molar-refractivity contribution in [1.82, 2.24) is 0 Å². The Morgan fingerprint density at radius 1 is 1.38 bits per heavy atom. The predicted octanol–water partition coefficient (Wildman–Crippen LogP) is 2.69. The topological polar surface area (TPSA) is 20.2 Å². The van der Waals surface area contributed by atoms with Gasteiger partial charge in [-0.15, -0.1) is 6.58 Å². The lowest BCUT2D eigenvalue weighted by atomic mass is 9.85. The van der Waals surface area contributed by atoms with Crippen LogP contribution in [0.1, 0.15) is 19.3 Å². The summed E-state index contributed by atoms with van der Waals surface area (Å²) in [6.45, 7) is 11.3. The van der Waals surface area contributed by atoms with E-state index in [1.54, 1.807) is 12.2 Å². The third-order valence-corrected chi connectivity index (χ3v) is 2.99. The molecule has 1 aliphatic carbocycles. The lowest BCUT2D eigenvalue weighted by Crippen LogP contribution is -2.22. The van der Waals surface area contributed by atoms with Crippen LogP contribution in [0, 0.1) is 11.8 Å². The molecule has 0 saturated heterocycles. The minimum atomic E-state index is -0.385. The maximum atomic E-state index is 9.68. The van der Waals surface area contributed by atoms with Crippen LogP contribution in [-0.4, -0.2) is 11.2 Å². The number of hydrogen-bond donors (Lipinski definition) is 1. The summed E-state index contributed by atoms with van der Waals surface area (Å²) in [7, 11) is 0. The highest BCUT2D eigenvalue weighted by molar-refractivity contribution is 5.18. The third-order valence-electron chi connectivity index (χ3n) is 2.99. The molecule has 1 N–H and O–H groups in total. The van der Waals surface area contributed by atoms with E-state index in [9.17, 15) is 5.11 Å². The zero-order valence-electron chi connectivity index (χ0n) is 8.08. The van der Waals surface area contributed by atoms with Gasteiger partial charge in [0.1, 0.15) is 0 Å². The molecule has 72 valence electrons. The number of hydrogen-bond acceptors (Lipinski definition) is 1. The van der Waals surface area contributed by atoms with E-state index in [2.05, 4.69) is 19.7 Å². The molecule has 1 saturated carbocycles. The molecule has 0 aliphatic heterocycles. The van der Waals surface area contributed by atoms with E-state index in [1.165, 1.54) is 6.42 Å². The molecule has 1 heteroatoms. The van der Waals surface area contributed by atoms with Crippen LogP contribution < -0.4 is 0 Å². The molecule has 3 atom stereocenters. The van der Waals surface area contributed by atoms with Crippen molar-refractivity contribution in [1.29, 1.82) is 0 Å². The second kappa shape index (κ2) is 4.43. The molecule has 1 unspecified atom stereocenters. The molecule has 0 radical (unpaired) electrons. The van der Waals surface area contributed by atoms with Crippen LogP contribution in [0.15, 0.2) is 37.5 Å². The van der Waals surface area contributed by atoms with Crippen LogP contribution in [0.4, 0.5) is 0 Å². The van der Waals surface area contributed by atoms with Gasteiger partial charge in [-0.3, -0.25) is 0 Å². The minimum Gasteiger partial charge on any atom is -0.389 e. The fourth-order valence-electron chi connectivity index (χ4n) is 2.18. The quantitative estimate of drug-likeness (QED) is 0.518. The van der Waals surface area contributed by atoms with Gasteiger partial charge < -0.3 is 5.11 Å². The largest absolute Gasteiger partial charge is 0.389 e. The Morgan fingerprint density at radius 3 is 2.62 bits per heavy atom. The second-order valence-corrected chi connectivity index (χ2v) is 3.71. The van der Waals surface area contributed by atoms with Crippen molar-refractivity contribution < 1.29 is 5.11 Å². The lowest BCUT2D eigenvalue weighted by molar-refractivity contribution is 0.137. The summed E-state index contributed by atoms with van der Waals surface area (Å²) in [6.07, 6.45) is 6.42. The first kappa shape index (κ1) is 10.3. The highest BCUT2D eigenvalue weighted by atomic mass is 16.3. The Hall–Kier alpha value is -0.820. The Kier molecular flexibility index (Phi) is 3.49. The van der Waals surface area contributed by atoms with Crippen molar-refractivity contribution in [2.45, 2.75) is 25.4 Å². The Bertz CT molecular complexity index is 217. The Balaban J connectivity index is 2.68. The first-order chi connectivity index (χ1) is 6.20. The average Bonchev–Trinajstić information content (AvgIpc) is 2.63. The molecule has 0 bridgehead atoms. The molecule has 1 aliphatic rings. The normalized spacial score (nSPS) is 29.6. The van der Waals surface area contributed by atoms with Crippen molar-refractivity contribution in [2.75, 3.05) is 0 Å². The third kappa shape index (κ3) is 2.10. The van der Waals surface area contributed by atoms with Gasteiger partial charge in [-0.25, -0.2) is 0 Å². The second-order valence-electron chi connectivity index (χ2n) is 3.71. The van der Waals surface area contributed by atoms with Crippen LogP contribution >= 0.6 is 0 Å². The van der Waals surface area contributed by atoms with E-state index in [-0.39, 0.29) is 6.10 Å². The molecular weight excluding hydrogens is 160 g/mol. The lowest BCUT2D eigenvalue weighted by Gasteiger charge is -2.22. The van der Waals surface area contributed by atoms with Gasteiger partial charge in [0.2, 0.25) is 0 Å². The van der Waals surface area contributed by atoms with Crippen LogP contribution in [0.2, 0.25) is 0 Å². The summed E-state index contributed by atoms with van der Waals surface area (Å²) in [5.41, 5.74) is 1.06. The number of aliphatic hydroxyl groups excluding tert-OH is 1. The molecule has 13 heavy (non-hydrogen) atoms. The molecular formula is C12H18O. The van der Waals surface area contributed by atoms with Gasteiger partial charge >= 0.3 is 0 Å². The maximum absolute atomic E-state index is 9.68. The molecule has 1 fully saturated rings. The van der Waals surface area contributed by atoms with Gasteiger partial charge in [-0.2, -0.15) is 0 Å². The van der Waals surface area contributed by atoms with Crippen LogP contribution in [0.25, 0.3) is 0 Å². The van der Waals surface area contributed by atoms with Crippen LogP contribution in [-0.2, 0) is 0 Å². The summed E-state index contributed by atoms with van der Waals surface area (Å²) >= 11 is 0. The number of aliphatic hydroxyl groups is 1. The molecule has 0 aromatic carbocycles. The highest BCUT2D eigenvalue weighted by Gasteiger charge is 2.32. The summed E-state index contributed by atoms with van der Waals surface area (Å²) < 4.78 is 0. The van der Waals surface area contributed by atoms with Gasteiger partial charge in [0.25, 0.3) is 0 Å². The summed E-state index contributed by atoms with van der Waals surface area (Å²) in [5, 5.41) is 9.68. The molecule has 0 aromatic heterocycles. The van der Waals surface area contributed by atoms with E-state index >= 15 is 0 Å². The molecule has 1 rings (SSSR count). The van der Waals surface area contributed by atoms with E-state index in [4.69, 9.17) is 0 Å². The van der Waals surface area contributed by atoms with Crippen molar-refractivity contribution in [3.8, 4) is 0 Å². The first-order valence-corrected chi connectivity index (χ1v) is 4.82. The van der Waals surface area contributed by atoms with Crippen molar-refractivity contribution in [3.63, 3.8) is 0 Å². The van der Waals surface area contributed by atoms with Gasteiger partial charge in [-0.1, -0.05) is 37.3 Å². The molecule has 0 spiro atoms. The Labute approximate surface area is 80.5 Å². The molecule has 1 nitrogen and oxygen atoms in total. The standard InChI is InChI=1S/C12H18O/c1-4-9(3)10-7-6-8-11(10)12(13)5-2/h4-5,10-13H,1-3,6-8H2/t10-,11+,12?/m1/s1. The van der Waals surface area contributed by atoms with E-state index in [0.717, 1.165) is 18.4 Å². The zero-order valence-corrected chi connectivity index (χ0v) is 8.08.